The number of benzene rings is 1. The quantitative estimate of drug-likeness (QED) is 0.744. The van der Waals surface area contributed by atoms with Crippen LogP contribution in [-0.4, -0.2) is 40.6 Å². The topological polar surface area (TPSA) is 85.2 Å². The van der Waals surface area contributed by atoms with Crippen LogP contribution in [0.4, 0.5) is 0 Å². The van der Waals surface area contributed by atoms with Crippen molar-refractivity contribution in [3.63, 3.8) is 0 Å². The molecular formula is C20H23ClN4O2. The molecule has 0 aliphatic carbocycles. The SMILES string of the molecule is CCc1noc2ncc(C(=O)N3C[C@@H](CN)[C@H](c4ccccc4)C3)cc12.Cl. The molecular weight excluding hydrogens is 364 g/mol. The standard InChI is InChI=1S/C20H22N4O2.ClH/c1-2-18-16-8-14(10-22-19(16)26-23-18)20(25)24-11-15(9-21)17(12-24)13-6-4-3-5-7-13;/h3-8,10,15,17H,2,9,11-12,21H2,1H3;1H/t15-,17+;/m1./s1. The fraction of sp³-hybridized carbons (Fsp3) is 0.350. The number of halogens is 1. The van der Waals surface area contributed by atoms with Crippen LogP contribution >= 0.6 is 12.4 Å². The highest BCUT2D eigenvalue weighted by molar-refractivity contribution is 5.97. The molecule has 3 aromatic rings. The van der Waals surface area contributed by atoms with E-state index in [2.05, 4.69) is 22.3 Å². The molecule has 0 unspecified atom stereocenters. The number of rotatable bonds is 4. The molecule has 2 atom stereocenters. The molecule has 2 N–H and O–H groups in total. The van der Waals surface area contributed by atoms with E-state index in [1.165, 1.54) is 5.56 Å². The molecule has 1 aliphatic heterocycles. The van der Waals surface area contributed by atoms with Gasteiger partial charge in [0, 0.05) is 25.2 Å². The third-order valence-corrected chi connectivity index (χ3v) is 5.24. The van der Waals surface area contributed by atoms with Crippen molar-refractivity contribution in [3.8, 4) is 0 Å². The maximum absolute atomic E-state index is 13.0. The van der Waals surface area contributed by atoms with Crippen LogP contribution in [0.2, 0.25) is 0 Å². The van der Waals surface area contributed by atoms with Crippen LogP contribution < -0.4 is 5.73 Å². The highest BCUT2D eigenvalue weighted by atomic mass is 35.5. The number of hydrogen-bond acceptors (Lipinski definition) is 5. The number of carbonyl (C=O) groups excluding carboxylic acids is 1. The van der Waals surface area contributed by atoms with Crippen LogP contribution in [0.3, 0.4) is 0 Å². The van der Waals surface area contributed by atoms with Gasteiger partial charge in [0.15, 0.2) is 0 Å². The van der Waals surface area contributed by atoms with Crippen molar-refractivity contribution in [2.45, 2.75) is 19.3 Å². The van der Waals surface area contributed by atoms with Gasteiger partial charge in [-0.2, -0.15) is 0 Å². The molecule has 1 amide bonds. The fourth-order valence-corrected chi connectivity index (χ4v) is 3.79. The minimum Gasteiger partial charge on any atom is -0.338 e. The molecule has 0 spiro atoms. The lowest BCUT2D eigenvalue weighted by Gasteiger charge is -2.16. The van der Waals surface area contributed by atoms with E-state index in [4.69, 9.17) is 10.3 Å². The van der Waals surface area contributed by atoms with Crippen LogP contribution in [0.25, 0.3) is 11.1 Å². The van der Waals surface area contributed by atoms with Crippen molar-refractivity contribution in [2.24, 2.45) is 11.7 Å². The molecule has 1 aromatic carbocycles. The molecule has 3 heterocycles. The Balaban J connectivity index is 0.00000210. The number of hydrogen-bond donors (Lipinski definition) is 1. The van der Waals surface area contributed by atoms with E-state index in [1.807, 2.05) is 36.1 Å². The lowest BCUT2D eigenvalue weighted by Crippen LogP contribution is -2.29. The maximum Gasteiger partial charge on any atom is 0.257 e. The Hall–Kier alpha value is -2.44. The Morgan fingerprint density at radius 1 is 1.30 bits per heavy atom. The Bertz CT molecular complexity index is 928. The number of nitrogens with two attached hydrogens (primary N) is 1. The average Bonchev–Trinajstić information content (AvgIpc) is 3.31. The molecule has 1 saturated heterocycles. The number of carbonyl (C=O) groups is 1. The number of likely N-dealkylation sites (tertiary alicyclic amines) is 1. The third kappa shape index (κ3) is 3.55. The van der Waals surface area contributed by atoms with Gasteiger partial charge in [0.1, 0.15) is 0 Å². The van der Waals surface area contributed by atoms with E-state index in [1.54, 1.807) is 6.20 Å². The van der Waals surface area contributed by atoms with E-state index in [0.717, 1.165) is 17.5 Å². The minimum atomic E-state index is -0.0143. The van der Waals surface area contributed by atoms with E-state index < -0.39 is 0 Å². The molecule has 6 nitrogen and oxygen atoms in total. The second kappa shape index (κ2) is 8.06. The lowest BCUT2D eigenvalue weighted by molar-refractivity contribution is 0.0786. The monoisotopic (exact) mass is 386 g/mol. The minimum absolute atomic E-state index is 0. The number of amides is 1. The second-order valence-corrected chi connectivity index (χ2v) is 6.78. The van der Waals surface area contributed by atoms with Gasteiger partial charge in [0.2, 0.25) is 0 Å². The van der Waals surface area contributed by atoms with Gasteiger partial charge in [-0.05, 0) is 30.5 Å². The summed E-state index contributed by atoms with van der Waals surface area (Å²) in [5.41, 5.74) is 9.09. The number of fused-ring (bicyclic) bond motifs is 1. The van der Waals surface area contributed by atoms with Gasteiger partial charge < -0.3 is 15.2 Å². The lowest BCUT2D eigenvalue weighted by atomic mass is 9.89. The zero-order valence-electron chi connectivity index (χ0n) is 15.2. The zero-order valence-corrected chi connectivity index (χ0v) is 16.0. The van der Waals surface area contributed by atoms with Crippen molar-refractivity contribution < 1.29 is 9.32 Å². The van der Waals surface area contributed by atoms with Crippen LogP contribution in [0.15, 0.2) is 47.1 Å². The van der Waals surface area contributed by atoms with Gasteiger partial charge >= 0.3 is 0 Å². The predicted octanol–water partition coefficient (Wildman–Crippen LogP) is 3.02. The summed E-state index contributed by atoms with van der Waals surface area (Å²) in [5, 5.41) is 4.82. The van der Waals surface area contributed by atoms with Gasteiger partial charge in [-0.15, -0.1) is 12.4 Å². The van der Waals surface area contributed by atoms with Gasteiger partial charge in [-0.3, -0.25) is 4.79 Å². The predicted molar refractivity (Wildman–Crippen MR) is 106 cm³/mol. The molecule has 4 rings (SSSR count). The summed E-state index contributed by atoms with van der Waals surface area (Å²) in [5.74, 6) is 0.517. The fourth-order valence-electron chi connectivity index (χ4n) is 3.79. The molecule has 0 saturated carbocycles. The normalized spacial score (nSPS) is 19.3. The van der Waals surface area contributed by atoms with Gasteiger partial charge in [-0.1, -0.05) is 42.4 Å². The smallest absolute Gasteiger partial charge is 0.257 e. The van der Waals surface area contributed by atoms with E-state index in [9.17, 15) is 4.79 Å². The summed E-state index contributed by atoms with van der Waals surface area (Å²) in [6.45, 7) is 3.90. The first kappa shape index (κ1) is 19.3. The molecule has 7 heteroatoms. The number of aryl methyl sites for hydroxylation is 1. The van der Waals surface area contributed by atoms with Crippen molar-refractivity contribution >= 4 is 29.4 Å². The first-order valence-corrected chi connectivity index (χ1v) is 8.99. The maximum atomic E-state index is 13.0. The molecule has 1 aliphatic rings. The highest BCUT2D eigenvalue weighted by Crippen LogP contribution is 2.33. The molecule has 1 fully saturated rings. The van der Waals surface area contributed by atoms with Gasteiger partial charge in [-0.25, -0.2) is 4.98 Å². The molecule has 0 bridgehead atoms. The second-order valence-electron chi connectivity index (χ2n) is 6.78. The third-order valence-electron chi connectivity index (χ3n) is 5.24. The van der Waals surface area contributed by atoms with E-state index in [0.29, 0.717) is 30.9 Å². The number of pyridine rings is 1. The first-order valence-electron chi connectivity index (χ1n) is 8.99. The molecule has 0 radical (unpaired) electrons. The summed E-state index contributed by atoms with van der Waals surface area (Å²) in [4.78, 5) is 19.2. The van der Waals surface area contributed by atoms with Crippen LogP contribution in [0.1, 0.15) is 34.5 Å². The van der Waals surface area contributed by atoms with E-state index >= 15 is 0 Å². The highest BCUT2D eigenvalue weighted by Gasteiger charge is 2.35. The van der Waals surface area contributed by atoms with Crippen molar-refractivity contribution in [1.29, 1.82) is 0 Å². The zero-order chi connectivity index (χ0) is 18.1. The summed E-state index contributed by atoms with van der Waals surface area (Å²) in [6.07, 6.45) is 2.31. The largest absolute Gasteiger partial charge is 0.338 e. The molecule has 2 aromatic heterocycles. The van der Waals surface area contributed by atoms with Crippen molar-refractivity contribution in [3.05, 3.63) is 59.4 Å². The Morgan fingerprint density at radius 2 is 2.07 bits per heavy atom. The van der Waals surface area contributed by atoms with E-state index in [-0.39, 0.29) is 30.2 Å². The first-order chi connectivity index (χ1) is 12.7. The Morgan fingerprint density at radius 3 is 2.78 bits per heavy atom. The average molecular weight is 387 g/mol. The summed E-state index contributed by atoms with van der Waals surface area (Å²) >= 11 is 0. The van der Waals surface area contributed by atoms with Crippen molar-refractivity contribution in [1.82, 2.24) is 15.0 Å². The van der Waals surface area contributed by atoms with Crippen LogP contribution in [0, 0.1) is 5.92 Å². The van der Waals surface area contributed by atoms with Gasteiger partial charge in [0.25, 0.3) is 11.6 Å². The summed E-state index contributed by atoms with van der Waals surface area (Å²) in [6, 6.07) is 12.1. The number of aromatic nitrogens is 2. The van der Waals surface area contributed by atoms with Crippen molar-refractivity contribution in [2.75, 3.05) is 19.6 Å². The Kier molecular flexibility index (Phi) is 5.77. The summed E-state index contributed by atoms with van der Waals surface area (Å²) in [7, 11) is 0. The molecule has 27 heavy (non-hydrogen) atoms. The number of nitrogens with zero attached hydrogens (tertiary/aromatic N) is 3. The van der Waals surface area contributed by atoms with Crippen LogP contribution in [-0.2, 0) is 6.42 Å². The van der Waals surface area contributed by atoms with Crippen LogP contribution in [0.5, 0.6) is 0 Å². The Labute approximate surface area is 164 Å². The molecule has 142 valence electrons. The van der Waals surface area contributed by atoms with Gasteiger partial charge in [0.05, 0.1) is 16.6 Å². The summed E-state index contributed by atoms with van der Waals surface area (Å²) < 4.78 is 5.21.